The Bertz CT molecular complexity index is 223. The molecule has 0 saturated heterocycles. The second-order valence-corrected chi connectivity index (χ2v) is 3.98. The molecule has 0 aromatic rings. The van der Waals surface area contributed by atoms with Gasteiger partial charge in [-0.05, 0) is 6.92 Å². The summed E-state index contributed by atoms with van der Waals surface area (Å²) in [6.07, 6.45) is -0.735. The number of hydrogen-bond acceptors (Lipinski definition) is 6. The van der Waals surface area contributed by atoms with Gasteiger partial charge in [0.2, 0.25) is 0 Å². The van der Waals surface area contributed by atoms with E-state index in [1.54, 1.807) is 12.5 Å². The van der Waals surface area contributed by atoms with Crippen LogP contribution >= 0.6 is 0 Å². The first-order valence-corrected chi connectivity index (χ1v) is 5.70. The lowest BCUT2D eigenvalue weighted by Crippen LogP contribution is -2.30. The maximum absolute atomic E-state index is 9.75. The van der Waals surface area contributed by atoms with E-state index in [-0.39, 0.29) is 6.61 Å². The highest BCUT2D eigenvalue weighted by molar-refractivity contribution is 7.83. The average Bonchev–Trinajstić information content (AvgIpc) is 1.98. The largest absolute Gasteiger partial charge is 0.543 e. The molecule has 0 bridgehead atoms. The summed E-state index contributed by atoms with van der Waals surface area (Å²) in [5.41, 5.74) is 0. The Kier molecular flexibility index (Phi) is 9.95. The van der Waals surface area contributed by atoms with Gasteiger partial charge in [-0.2, -0.15) is 0 Å². The molecule has 7 nitrogen and oxygen atoms in total. The monoisotopic (exact) mass is 241 g/mol. The predicted octanol–water partition coefficient (Wildman–Crippen LogP) is -0.576. The standard InChI is InChI=1S/C5H8O6.C2H6OS/c1-3(11-5(8)9)2-10-4(6)7;1-4(2)3/h3H,2H2,1H3,(H,6,7)(H,8,9);1-2H3/p-1. The SMILES string of the molecule is CC(COC(=O)O)OC(=O)[O-].CS(C)=O. The number of ether oxygens (including phenoxy) is 2. The average molecular weight is 241 g/mol. The second-order valence-electron chi connectivity index (χ2n) is 2.50. The van der Waals surface area contributed by atoms with Gasteiger partial charge in [-0.15, -0.1) is 0 Å². The Labute approximate surface area is 89.4 Å². The van der Waals surface area contributed by atoms with Crippen LogP contribution in [0.2, 0.25) is 0 Å². The highest BCUT2D eigenvalue weighted by atomic mass is 32.2. The van der Waals surface area contributed by atoms with Crippen molar-refractivity contribution in [1.29, 1.82) is 0 Å². The minimum atomic E-state index is -1.70. The van der Waals surface area contributed by atoms with Crippen LogP contribution in [0.3, 0.4) is 0 Å². The summed E-state index contributed by atoms with van der Waals surface area (Å²) in [6.45, 7) is 1.02. The molecule has 0 aliphatic rings. The number of carbonyl (C=O) groups excluding carboxylic acids is 1. The number of carbonyl (C=O) groups is 2. The Morgan fingerprint density at radius 1 is 1.47 bits per heavy atom. The van der Waals surface area contributed by atoms with E-state index in [1.165, 1.54) is 6.92 Å². The fourth-order valence-corrected chi connectivity index (χ4v) is 0.387. The van der Waals surface area contributed by atoms with Gasteiger partial charge < -0.3 is 24.5 Å². The molecule has 8 heteroatoms. The molecule has 15 heavy (non-hydrogen) atoms. The van der Waals surface area contributed by atoms with Gasteiger partial charge in [-0.3, -0.25) is 4.21 Å². The molecule has 0 spiro atoms. The molecule has 0 saturated carbocycles. The Morgan fingerprint density at radius 3 is 2.13 bits per heavy atom. The molecule has 1 unspecified atom stereocenters. The molecular formula is C7H13O7S-. The Balaban J connectivity index is 0. The first kappa shape index (κ1) is 16.1. The normalized spacial score (nSPS) is 10.9. The van der Waals surface area contributed by atoms with Crippen LogP contribution in [-0.4, -0.2) is 46.8 Å². The van der Waals surface area contributed by atoms with Crippen LogP contribution in [0.5, 0.6) is 0 Å². The molecular weight excluding hydrogens is 228 g/mol. The Hall–Kier alpha value is -1.31. The summed E-state index contributed by atoms with van der Waals surface area (Å²) in [4.78, 5) is 19.5. The minimum absolute atomic E-state index is 0.330. The molecule has 1 atom stereocenters. The topological polar surface area (TPSA) is 113 Å². The van der Waals surface area contributed by atoms with Gasteiger partial charge in [-0.1, -0.05) is 0 Å². The number of hydrogen-bond donors (Lipinski definition) is 1. The minimum Gasteiger partial charge on any atom is -0.543 e. The van der Waals surface area contributed by atoms with Crippen molar-refractivity contribution in [1.82, 2.24) is 0 Å². The van der Waals surface area contributed by atoms with Gasteiger partial charge in [0.1, 0.15) is 6.61 Å². The van der Waals surface area contributed by atoms with E-state index >= 15 is 0 Å². The third kappa shape index (κ3) is 24.5. The lowest BCUT2D eigenvalue weighted by atomic mass is 10.4. The molecule has 0 aliphatic heterocycles. The summed E-state index contributed by atoms with van der Waals surface area (Å²) >= 11 is 0. The van der Waals surface area contributed by atoms with Crippen molar-refractivity contribution in [2.45, 2.75) is 13.0 Å². The zero-order valence-electron chi connectivity index (χ0n) is 8.59. The summed E-state index contributed by atoms with van der Waals surface area (Å²) in [7, 11) is -0.611. The van der Waals surface area contributed by atoms with Gasteiger partial charge in [0.25, 0.3) is 6.16 Å². The van der Waals surface area contributed by atoms with Gasteiger partial charge in [0.05, 0.1) is 6.10 Å². The van der Waals surface area contributed by atoms with Crippen LogP contribution in [0, 0.1) is 0 Å². The molecule has 0 heterocycles. The molecule has 1 N–H and O–H groups in total. The van der Waals surface area contributed by atoms with Crippen LogP contribution in [0.4, 0.5) is 9.59 Å². The van der Waals surface area contributed by atoms with Crippen LogP contribution in [0.1, 0.15) is 6.92 Å². The highest BCUT2D eigenvalue weighted by Crippen LogP contribution is 1.91. The lowest BCUT2D eigenvalue weighted by molar-refractivity contribution is -0.287. The summed E-state index contributed by atoms with van der Waals surface area (Å²) in [5.74, 6) is 0. The van der Waals surface area contributed by atoms with Crippen molar-refractivity contribution < 1.29 is 33.5 Å². The predicted molar refractivity (Wildman–Crippen MR) is 49.9 cm³/mol. The van der Waals surface area contributed by atoms with Crippen molar-refractivity contribution in [2.75, 3.05) is 19.1 Å². The van der Waals surface area contributed by atoms with Crippen molar-refractivity contribution >= 4 is 23.1 Å². The smallest absolute Gasteiger partial charge is 0.505 e. The molecule has 0 aliphatic carbocycles. The van der Waals surface area contributed by atoms with Gasteiger partial charge in [-0.25, -0.2) is 4.79 Å². The Morgan fingerprint density at radius 2 is 1.87 bits per heavy atom. The molecule has 0 fully saturated rings. The third-order valence-electron chi connectivity index (χ3n) is 0.739. The molecule has 90 valence electrons. The van der Waals surface area contributed by atoms with Gasteiger partial charge >= 0.3 is 6.16 Å². The van der Waals surface area contributed by atoms with E-state index in [9.17, 15) is 18.9 Å². The van der Waals surface area contributed by atoms with Gasteiger partial charge in [0, 0.05) is 23.3 Å². The third-order valence-corrected chi connectivity index (χ3v) is 0.739. The van der Waals surface area contributed by atoms with E-state index in [0.29, 0.717) is 0 Å². The van der Waals surface area contributed by atoms with E-state index in [4.69, 9.17) is 5.11 Å². The summed E-state index contributed by atoms with van der Waals surface area (Å²) in [5, 5.41) is 17.7. The highest BCUT2D eigenvalue weighted by Gasteiger charge is 2.02. The van der Waals surface area contributed by atoms with E-state index < -0.39 is 29.2 Å². The van der Waals surface area contributed by atoms with Crippen LogP contribution in [0.25, 0.3) is 0 Å². The summed E-state index contributed by atoms with van der Waals surface area (Å²) < 4.78 is 17.6. The van der Waals surface area contributed by atoms with E-state index in [1.807, 2.05) is 0 Å². The van der Waals surface area contributed by atoms with Crippen molar-refractivity contribution in [3.63, 3.8) is 0 Å². The molecule has 0 rings (SSSR count). The van der Waals surface area contributed by atoms with E-state index in [0.717, 1.165) is 0 Å². The van der Waals surface area contributed by atoms with Crippen molar-refractivity contribution in [2.24, 2.45) is 0 Å². The summed E-state index contributed by atoms with van der Waals surface area (Å²) in [6, 6.07) is 0. The van der Waals surface area contributed by atoms with Crippen LogP contribution in [0.15, 0.2) is 0 Å². The fourth-order valence-electron chi connectivity index (χ4n) is 0.387. The quantitative estimate of drug-likeness (QED) is 0.658. The van der Waals surface area contributed by atoms with E-state index in [2.05, 4.69) is 9.47 Å². The first-order chi connectivity index (χ1) is 6.75. The van der Waals surface area contributed by atoms with Crippen LogP contribution in [-0.2, 0) is 20.3 Å². The van der Waals surface area contributed by atoms with Crippen molar-refractivity contribution in [3.8, 4) is 0 Å². The zero-order chi connectivity index (χ0) is 12.4. The second kappa shape index (κ2) is 9.25. The molecule has 0 aromatic carbocycles. The number of rotatable bonds is 3. The van der Waals surface area contributed by atoms with Gasteiger partial charge in [0.15, 0.2) is 0 Å². The number of carboxylic acid groups (broad SMARTS) is 2. The molecule has 0 radical (unpaired) electrons. The van der Waals surface area contributed by atoms with Crippen molar-refractivity contribution in [3.05, 3.63) is 0 Å². The lowest BCUT2D eigenvalue weighted by Gasteiger charge is -2.15. The maximum Gasteiger partial charge on any atom is 0.505 e. The maximum atomic E-state index is 9.75. The first-order valence-electron chi connectivity index (χ1n) is 3.74. The molecule has 0 amide bonds. The zero-order valence-corrected chi connectivity index (χ0v) is 9.41. The van der Waals surface area contributed by atoms with Crippen LogP contribution < -0.4 is 5.11 Å². The fraction of sp³-hybridized carbons (Fsp3) is 0.714. The molecule has 0 aromatic heterocycles.